The second-order valence-electron chi connectivity index (χ2n) is 4.55. The summed E-state index contributed by atoms with van der Waals surface area (Å²) < 4.78 is 26.3. The summed E-state index contributed by atoms with van der Waals surface area (Å²) in [5.74, 6) is -0.730. The van der Waals surface area contributed by atoms with Crippen LogP contribution in [-0.4, -0.2) is 31.1 Å². The molecule has 0 aliphatic carbocycles. The first kappa shape index (κ1) is 14.1. The van der Waals surface area contributed by atoms with Gasteiger partial charge in [-0.05, 0) is 57.1 Å². The summed E-state index contributed by atoms with van der Waals surface area (Å²) >= 11 is 0. The van der Waals surface area contributed by atoms with Crippen molar-refractivity contribution in [2.75, 3.05) is 20.1 Å². The van der Waals surface area contributed by atoms with Crippen LogP contribution in [0.2, 0.25) is 0 Å². The first-order valence-electron chi connectivity index (χ1n) is 5.87. The van der Waals surface area contributed by atoms with Gasteiger partial charge in [-0.3, -0.25) is 0 Å². The molecule has 1 unspecified atom stereocenters. The molecule has 4 heteroatoms. The zero-order valence-corrected chi connectivity index (χ0v) is 10.4. The highest BCUT2D eigenvalue weighted by Crippen LogP contribution is 2.10. The molecule has 0 aliphatic heterocycles. The predicted molar refractivity (Wildman–Crippen MR) is 65.8 cm³/mol. The molecule has 0 radical (unpaired) electrons. The van der Waals surface area contributed by atoms with Gasteiger partial charge in [0.1, 0.15) is 11.6 Å². The molecule has 0 aliphatic rings. The quantitative estimate of drug-likeness (QED) is 0.828. The number of nitrogens with two attached hydrogens (primary N) is 1. The minimum atomic E-state index is -0.389. The van der Waals surface area contributed by atoms with Gasteiger partial charge in [0.05, 0.1) is 0 Å². The van der Waals surface area contributed by atoms with Crippen LogP contribution >= 0.6 is 0 Å². The molecule has 0 saturated carbocycles. The lowest BCUT2D eigenvalue weighted by molar-refractivity contribution is 0.323. The van der Waals surface area contributed by atoms with Gasteiger partial charge >= 0.3 is 0 Å². The van der Waals surface area contributed by atoms with Gasteiger partial charge in [-0.25, -0.2) is 8.78 Å². The maximum Gasteiger partial charge on any atom is 0.126 e. The second kappa shape index (κ2) is 6.67. The summed E-state index contributed by atoms with van der Waals surface area (Å²) in [5.41, 5.74) is 6.08. The van der Waals surface area contributed by atoms with E-state index in [9.17, 15) is 8.78 Å². The van der Waals surface area contributed by atoms with Crippen molar-refractivity contribution in [3.05, 3.63) is 35.4 Å². The number of benzene rings is 1. The highest BCUT2D eigenvalue weighted by atomic mass is 19.1. The Morgan fingerprint density at radius 2 is 2.00 bits per heavy atom. The Balaban J connectivity index is 2.41. The lowest BCUT2D eigenvalue weighted by atomic mass is 10.1. The van der Waals surface area contributed by atoms with Crippen molar-refractivity contribution in [1.82, 2.24) is 4.90 Å². The highest BCUT2D eigenvalue weighted by Gasteiger charge is 2.06. The van der Waals surface area contributed by atoms with Gasteiger partial charge in [0, 0.05) is 12.6 Å². The largest absolute Gasteiger partial charge is 0.328 e. The van der Waals surface area contributed by atoms with E-state index in [1.54, 1.807) is 0 Å². The van der Waals surface area contributed by atoms with Gasteiger partial charge in [-0.15, -0.1) is 0 Å². The van der Waals surface area contributed by atoms with Crippen molar-refractivity contribution < 1.29 is 8.78 Å². The third-order valence-electron chi connectivity index (χ3n) is 2.74. The van der Waals surface area contributed by atoms with Crippen LogP contribution in [0.25, 0.3) is 0 Å². The number of nitrogens with zero attached hydrogens (tertiary/aromatic N) is 1. The van der Waals surface area contributed by atoms with E-state index in [1.165, 1.54) is 12.1 Å². The van der Waals surface area contributed by atoms with Crippen LogP contribution < -0.4 is 5.73 Å². The molecule has 0 heterocycles. The van der Waals surface area contributed by atoms with Crippen molar-refractivity contribution >= 4 is 0 Å². The van der Waals surface area contributed by atoms with Crippen LogP contribution in [0.5, 0.6) is 0 Å². The maximum absolute atomic E-state index is 13.3. The van der Waals surface area contributed by atoms with Crippen LogP contribution in [0.3, 0.4) is 0 Å². The third-order valence-corrected chi connectivity index (χ3v) is 2.74. The van der Waals surface area contributed by atoms with Crippen molar-refractivity contribution in [3.8, 4) is 0 Å². The molecule has 2 nitrogen and oxygen atoms in total. The molecule has 0 spiro atoms. The van der Waals surface area contributed by atoms with Crippen molar-refractivity contribution in [3.63, 3.8) is 0 Å². The van der Waals surface area contributed by atoms with E-state index >= 15 is 0 Å². The normalized spacial score (nSPS) is 13.1. The Morgan fingerprint density at radius 3 is 2.65 bits per heavy atom. The number of hydrogen-bond donors (Lipinski definition) is 1. The van der Waals surface area contributed by atoms with Gasteiger partial charge < -0.3 is 10.6 Å². The van der Waals surface area contributed by atoms with Crippen LogP contribution in [0.15, 0.2) is 18.2 Å². The van der Waals surface area contributed by atoms with E-state index in [0.717, 1.165) is 19.0 Å². The van der Waals surface area contributed by atoms with Crippen molar-refractivity contribution in [2.24, 2.45) is 5.73 Å². The van der Waals surface area contributed by atoms with Gasteiger partial charge in [0.25, 0.3) is 0 Å². The summed E-state index contributed by atoms with van der Waals surface area (Å²) in [6, 6.07) is 3.74. The molecular weight excluding hydrogens is 222 g/mol. The van der Waals surface area contributed by atoms with Gasteiger partial charge in [-0.1, -0.05) is 0 Å². The van der Waals surface area contributed by atoms with Crippen molar-refractivity contribution in [2.45, 2.75) is 25.8 Å². The Kier molecular flexibility index (Phi) is 5.51. The van der Waals surface area contributed by atoms with Crippen LogP contribution in [0.1, 0.15) is 18.9 Å². The molecule has 1 aromatic rings. The highest BCUT2D eigenvalue weighted by molar-refractivity contribution is 5.18. The van der Waals surface area contributed by atoms with Crippen molar-refractivity contribution in [1.29, 1.82) is 0 Å². The molecule has 2 N–H and O–H groups in total. The maximum atomic E-state index is 13.3. The fraction of sp³-hybridized carbons (Fsp3) is 0.538. The summed E-state index contributed by atoms with van der Waals surface area (Å²) in [6.07, 6.45) is 1.42. The van der Waals surface area contributed by atoms with Gasteiger partial charge in [0.15, 0.2) is 0 Å². The molecule has 1 atom stereocenters. The summed E-state index contributed by atoms with van der Waals surface area (Å²) in [6.45, 7) is 3.53. The Hall–Kier alpha value is -1.00. The molecule has 0 fully saturated rings. The van der Waals surface area contributed by atoms with Gasteiger partial charge in [0.2, 0.25) is 0 Å². The molecule has 96 valence electrons. The first-order valence-corrected chi connectivity index (χ1v) is 5.87. The minimum Gasteiger partial charge on any atom is -0.328 e. The van der Waals surface area contributed by atoms with E-state index in [4.69, 9.17) is 5.73 Å². The number of halogens is 2. The van der Waals surface area contributed by atoms with Crippen LogP contribution in [0.4, 0.5) is 8.78 Å². The average molecular weight is 242 g/mol. The third kappa shape index (κ3) is 5.24. The Morgan fingerprint density at radius 1 is 1.29 bits per heavy atom. The fourth-order valence-electron chi connectivity index (χ4n) is 1.58. The molecule has 0 bridgehead atoms. The van der Waals surface area contributed by atoms with E-state index in [-0.39, 0.29) is 17.7 Å². The molecule has 17 heavy (non-hydrogen) atoms. The smallest absolute Gasteiger partial charge is 0.126 e. The Labute approximate surface area is 101 Å². The molecule has 0 amide bonds. The van der Waals surface area contributed by atoms with Crippen LogP contribution in [-0.2, 0) is 6.42 Å². The lowest BCUT2D eigenvalue weighted by Gasteiger charge is -2.17. The fourth-order valence-corrected chi connectivity index (χ4v) is 1.58. The summed E-state index contributed by atoms with van der Waals surface area (Å²) in [4.78, 5) is 2.08. The minimum absolute atomic E-state index is 0.170. The Bertz CT molecular complexity index is 353. The zero-order valence-electron chi connectivity index (χ0n) is 10.4. The summed E-state index contributed by atoms with van der Waals surface area (Å²) in [5, 5.41) is 0. The number of likely N-dealkylation sites (N-methyl/N-ethyl adjacent to an activating group) is 1. The topological polar surface area (TPSA) is 29.3 Å². The zero-order chi connectivity index (χ0) is 12.8. The number of rotatable bonds is 6. The SMILES string of the molecule is CC(N)CCN(C)CCc1cc(F)ccc1F. The summed E-state index contributed by atoms with van der Waals surface area (Å²) in [7, 11) is 1.96. The molecule has 0 saturated heterocycles. The second-order valence-corrected chi connectivity index (χ2v) is 4.55. The molecule has 1 rings (SSSR count). The van der Waals surface area contributed by atoms with E-state index in [2.05, 4.69) is 4.90 Å². The standard InChI is InChI=1S/C13H20F2N2/c1-10(16)5-7-17(2)8-6-11-9-12(14)3-4-13(11)15/h3-4,9-10H,5-8,16H2,1-2H3. The first-order chi connectivity index (χ1) is 7.99. The van der Waals surface area contributed by atoms with Gasteiger partial charge in [-0.2, -0.15) is 0 Å². The lowest BCUT2D eigenvalue weighted by Crippen LogP contribution is -2.27. The molecular formula is C13H20F2N2. The van der Waals surface area contributed by atoms with E-state index in [1.807, 2.05) is 14.0 Å². The van der Waals surface area contributed by atoms with E-state index < -0.39 is 0 Å². The van der Waals surface area contributed by atoms with E-state index in [0.29, 0.717) is 18.5 Å². The predicted octanol–water partition coefficient (Wildman–Crippen LogP) is 2.18. The monoisotopic (exact) mass is 242 g/mol. The molecule has 0 aromatic heterocycles. The number of hydrogen-bond acceptors (Lipinski definition) is 2. The molecule has 1 aromatic carbocycles. The average Bonchev–Trinajstić information content (AvgIpc) is 2.27. The van der Waals surface area contributed by atoms with Crippen LogP contribution in [0, 0.1) is 11.6 Å².